The average molecular weight is 367 g/mol. The summed E-state index contributed by atoms with van der Waals surface area (Å²) in [4.78, 5) is 14.5. The number of benzene rings is 1. The van der Waals surface area contributed by atoms with Crippen molar-refractivity contribution in [3.63, 3.8) is 0 Å². The number of carbonyl (C=O) groups is 1. The van der Waals surface area contributed by atoms with Crippen LogP contribution in [0.1, 0.15) is 49.4 Å². The van der Waals surface area contributed by atoms with Gasteiger partial charge in [-0.2, -0.15) is 0 Å². The third-order valence-corrected chi connectivity index (χ3v) is 6.74. The summed E-state index contributed by atoms with van der Waals surface area (Å²) in [7, 11) is -2.94. The molecule has 6 heteroatoms. The third-order valence-electron chi connectivity index (χ3n) is 4.99. The Hall–Kier alpha value is -1.40. The lowest BCUT2D eigenvalue weighted by Gasteiger charge is -2.27. The molecule has 0 spiro atoms. The maximum Gasteiger partial charge on any atom is 0.234 e. The first kappa shape index (κ1) is 19.9. The molecule has 0 aromatic heterocycles. The normalized spacial score (nSPS) is 20.6. The highest BCUT2D eigenvalue weighted by atomic mass is 32.2. The Morgan fingerprint density at radius 1 is 1.32 bits per heavy atom. The molecule has 25 heavy (non-hydrogen) atoms. The van der Waals surface area contributed by atoms with Crippen LogP contribution in [0.15, 0.2) is 18.2 Å². The fourth-order valence-electron chi connectivity index (χ4n) is 3.33. The highest BCUT2D eigenvalue weighted by Gasteiger charge is 2.32. The van der Waals surface area contributed by atoms with Gasteiger partial charge in [-0.3, -0.25) is 9.69 Å². The minimum Gasteiger partial charge on any atom is -0.348 e. The van der Waals surface area contributed by atoms with Crippen LogP contribution in [0, 0.1) is 13.8 Å². The number of hydrogen-bond acceptors (Lipinski definition) is 4. The molecular weight excluding hydrogens is 336 g/mol. The van der Waals surface area contributed by atoms with E-state index in [9.17, 15) is 13.2 Å². The van der Waals surface area contributed by atoms with Crippen LogP contribution in [0.2, 0.25) is 0 Å². The van der Waals surface area contributed by atoms with E-state index in [0.717, 1.165) is 18.5 Å². The molecule has 1 aromatic carbocycles. The molecule has 1 heterocycles. The van der Waals surface area contributed by atoms with Gasteiger partial charge in [-0.25, -0.2) is 8.42 Å². The summed E-state index contributed by atoms with van der Waals surface area (Å²) in [5, 5.41) is 3.05. The molecule has 5 nitrogen and oxygen atoms in total. The first-order valence-electron chi connectivity index (χ1n) is 9.03. The molecule has 140 valence electrons. The Morgan fingerprint density at radius 2 is 2.04 bits per heavy atom. The number of nitrogens with one attached hydrogen (secondary N) is 1. The molecule has 1 amide bonds. The standard InChI is InChI=1S/C19H30N2O3S/c1-5-9-21(18-8-10-25(23,24)13-18)12-19(22)20-16(4)17-7-6-14(2)15(3)11-17/h6-7,11,16,18H,5,8-10,12-13H2,1-4H3,(H,20,22). The second-order valence-corrected chi connectivity index (χ2v) is 9.39. The lowest BCUT2D eigenvalue weighted by molar-refractivity contribution is -0.123. The van der Waals surface area contributed by atoms with E-state index in [1.807, 2.05) is 24.8 Å². The van der Waals surface area contributed by atoms with E-state index in [2.05, 4.69) is 31.3 Å². The van der Waals surface area contributed by atoms with E-state index >= 15 is 0 Å². The zero-order chi connectivity index (χ0) is 18.6. The lowest BCUT2D eigenvalue weighted by Crippen LogP contribution is -2.44. The van der Waals surface area contributed by atoms with Crippen LogP contribution in [-0.4, -0.2) is 49.9 Å². The van der Waals surface area contributed by atoms with Crippen LogP contribution in [0.4, 0.5) is 0 Å². The number of hydrogen-bond donors (Lipinski definition) is 1. The Kier molecular flexibility index (Phi) is 6.63. The fourth-order valence-corrected chi connectivity index (χ4v) is 5.09. The summed E-state index contributed by atoms with van der Waals surface area (Å²) in [5.41, 5.74) is 3.53. The summed E-state index contributed by atoms with van der Waals surface area (Å²) >= 11 is 0. The second-order valence-electron chi connectivity index (χ2n) is 7.16. The van der Waals surface area contributed by atoms with E-state index in [1.54, 1.807) is 0 Å². The van der Waals surface area contributed by atoms with E-state index in [-0.39, 0.29) is 36.0 Å². The molecule has 1 aliphatic heterocycles. The monoisotopic (exact) mass is 366 g/mol. The molecule has 0 saturated carbocycles. The molecular formula is C19H30N2O3S. The molecule has 0 bridgehead atoms. The SMILES string of the molecule is CCCN(CC(=O)NC(C)c1ccc(C)c(C)c1)C1CCS(=O)(=O)C1. The Morgan fingerprint density at radius 3 is 2.60 bits per heavy atom. The number of rotatable bonds is 7. The zero-order valence-electron chi connectivity index (χ0n) is 15.7. The van der Waals surface area contributed by atoms with Crippen molar-refractivity contribution in [2.24, 2.45) is 0 Å². The largest absolute Gasteiger partial charge is 0.348 e. The van der Waals surface area contributed by atoms with Gasteiger partial charge in [0.15, 0.2) is 9.84 Å². The predicted molar refractivity (Wildman–Crippen MR) is 101 cm³/mol. The van der Waals surface area contributed by atoms with Gasteiger partial charge in [-0.1, -0.05) is 25.1 Å². The van der Waals surface area contributed by atoms with Gasteiger partial charge in [0, 0.05) is 6.04 Å². The van der Waals surface area contributed by atoms with E-state index < -0.39 is 9.84 Å². The summed E-state index contributed by atoms with van der Waals surface area (Å²) in [6.07, 6.45) is 1.53. The average Bonchev–Trinajstić information content (AvgIpc) is 2.89. The van der Waals surface area contributed by atoms with Crippen LogP contribution in [-0.2, 0) is 14.6 Å². The molecule has 1 aliphatic rings. The number of aryl methyl sites for hydroxylation is 2. The zero-order valence-corrected chi connectivity index (χ0v) is 16.5. The molecule has 1 fully saturated rings. The summed E-state index contributed by atoms with van der Waals surface area (Å²) < 4.78 is 23.5. The van der Waals surface area contributed by atoms with Gasteiger partial charge < -0.3 is 5.32 Å². The molecule has 2 rings (SSSR count). The maximum atomic E-state index is 12.5. The van der Waals surface area contributed by atoms with Gasteiger partial charge in [-0.15, -0.1) is 0 Å². The molecule has 0 radical (unpaired) electrons. The van der Waals surface area contributed by atoms with Crippen molar-refractivity contribution < 1.29 is 13.2 Å². The first-order chi connectivity index (χ1) is 11.7. The molecule has 1 aromatic rings. The smallest absolute Gasteiger partial charge is 0.234 e. The molecule has 1 saturated heterocycles. The van der Waals surface area contributed by atoms with Gasteiger partial charge in [0.25, 0.3) is 0 Å². The minimum absolute atomic E-state index is 0.0346. The summed E-state index contributed by atoms with van der Waals surface area (Å²) in [6.45, 7) is 9.16. The Labute approximate surface area is 151 Å². The van der Waals surface area contributed by atoms with Crippen LogP contribution in [0.5, 0.6) is 0 Å². The predicted octanol–water partition coefficient (Wildman–Crippen LogP) is 2.38. The molecule has 2 unspecified atom stereocenters. The molecule has 1 N–H and O–H groups in total. The number of nitrogens with zero attached hydrogens (tertiary/aromatic N) is 1. The summed E-state index contributed by atoms with van der Waals surface area (Å²) in [6, 6.07) is 6.11. The highest BCUT2D eigenvalue weighted by molar-refractivity contribution is 7.91. The highest BCUT2D eigenvalue weighted by Crippen LogP contribution is 2.19. The van der Waals surface area contributed by atoms with Crippen molar-refractivity contribution in [3.05, 3.63) is 34.9 Å². The van der Waals surface area contributed by atoms with Gasteiger partial charge in [0.2, 0.25) is 5.91 Å². The van der Waals surface area contributed by atoms with Gasteiger partial charge >= 0.3 is 0 Å². The number of sulfone groups is 1. The van der Waals surface area contributed by atoms with Crippen molar-refractivity contribution in [2.45, 2.75) is 52.6 Å². The van der Waals surface area contributed by atoms with Crippen LogP contribution < -0.4 is 5.32 Å². The number of amides is 1. The number of carbonyl (C=O) groups excluding carboxylic acids is 1. The lowest BCUT2D eigenvalue weighted by atomic mass is 10.0. The van der Waals surface area contributed by atoms with Gasteiger partial charge in [0.1, 0.15) is 0 Å². The Bertz CT molecular complexity index is 715. The van der Waals surface area contributed by atoms with Crippen molar-refractivity contribution in [1.29, 1.82) is 0 Å². The van der Waals surface area contributed by atoms with E-state index in [4.69, 9.17) is 0 Å². The molecule has 2 atom stereocenters. The van der Waals surface area contributed by atoms with E-state index in [1.165, 1.54) is 11.1 Å². The van der Waals surface area contributed by atoms with Crippen molar-refractivity contribution >= 4 is 15.7 Å². The summed E-state index contributed by atoms with van der Waals surface area (Å²) in [5.74, 6) is 0.356. The third kappa shape index (κ3) is 5.54. The topological polar surface area (TPSA) is 66.5 Å². The van der Waals surface area contributed by atoms with Gasteiger partial charge in [0.05, 0.1) is 24.1 Å². The molecule has 0 aliphatic carbocycles. The van der Waals surface area contributed by atoms with Crippen LogP contribution in [0.3, 0.4) is 0 Å². The Balaban J connectivity index is 1.97. The van der Waals surface area contributed by atoms with Crippen molar-refractivity contribution in [2.75, 3.05) is 24.6 Å². The van der Waals surface area contributed by atoms with E-state index in [0.29, 0.717) is 6.42 Å². The van der Waals surface area contributed by atoms with Gasteiger partial charge in [-0.05, 0) is 56.8 Å². The maximum absolute atomic E-state index is 12.5. The second kappa shape index (κ2) is 8.32. The van der Waals surface area contributed by atoms with Crippen LogP contribution >= 0.6 is 0 Å². The minimum atomic E-state index is -2.94. The first-order valence-corrected chi connectivity index (χ1v) is 10.8. The van der Waals surface area contributed by atoms with Crippen molar-refractivity contribution in [3.8, 4) is 0 Å². The quantitative estimate of drug-likeness (QED) is 0.805. The van der Waals surface area contributed by atoms with Crippen LogP contribution in [0.25, 0.3) is 0 Å². The van der Waals surface area contributed by atoms with Crippen molar-refractivity contribution in [1.82, 2.24) is 10.2 Å². The fraction of sp³-hybridized carbons (Fsp3) is 0.632.